The third-order valence-electron chi connectivity index (χ3n) is 7.31. The fourth-order valence-corrected chi connectivity index (χ4v) is 5.24. The molecule has 2 aliphatic heterocycles. The maximum Gasteiger partial charge on any atom is 0.321 e. The normalized spacial score (nSPS) is 17.2. The Morgan fingerprint density at radius 3 is 2.53 bits per heavy atom. The van der Waals surface area contributed by atoms with Gasteiger partial charge in [-0.2, -0.15) is 5.10 Å². The second-order valence-electron chi connectivity index (χ2n) is 9.40. The Hall–Kier alpha value is -3.35. The van der Waals surface area contributed by atoms with Gasteiger partial charge >= 0.3 is 6.03 Å². The molecule has 0 radical (unpaired) electrons. The summed E-state index contributed by atoms with van der Waals surface area (Å²) in [4.78, 5) is 29.8. The Morgan fingerprint density at radius 1 is 1.00 bits per heavy atom. The number of nitrogens with one attached hydrogen (secondary N) is 1. The van der Waals surface area contributed by atoms with Gasteiger partial charge in [-0.05, 0) is 73.8 Å². The maximum absolute atomic E-state index is 13.1. The molecule has 7 nitrogen and oxygen atoms in total. The summed E-state index contributed by atoms with van der Waals surface area (Å²) in [5.74, 6) is 0.454. The number of hydrogen-bond donors (Lipinski definition) is 1. The standard InChI is InChI=1S/C27H33N5O2/c1-2-20-8-4-5-9-24(20)29-27(34)31-15-10-21(11-16-31)22-12-17-32-25(18-22)23(19-28-32)26(33)30-13-6-3-7-14-30/h4-5,8-9,12,17-19,21H,2-3,6-7,10-11,13-16H2,1H3,(H,29,34). The van der Waals surface area contributed by atoms with Crippen molar-refractivity contribution in [2.45, 2.75) is 51.4 Å². The number of anilines is 1. The fraction of sp³-hybridized carbons (Fsp3) is 0.444. The number of urea groups is 1. The lowest BCUT2D eigenvalue weighted by molar-refractivity contribution is 0.0726. The van der Waals surface area contributed by atoms with Crippen molar-refractivity contribution in [1.82, 2.24) is 19.4 Å². The van der Waals surface area contributed by atoms with E-state index >= 15 is 0 Å². The first-order chi connectivity index (χ1) is 16.6. The van der Waals surface area contributed by atoms with Gasteiger partial charge in [-0.3, -0.25) is 4.79 Å². The molecule has 0 aliphatic carbocycles. The largest absolute Gasteiger partial charge is 0.339 e. The lowest BCUT2D eigenvalue weighted by Crippen LogP contribution is -2.40. The second-order valence-corrected chi connectivity index (χ2v) is 9.40. The first kappa shape index (κ1) is 22.4. The summed E-state index contributed by atoms with van der Waals surface area (Å²) in [6, 6.07) is 12.2. The summed E-state index contributed by atoms with van der Waals surface area (Å²) in [5.41, 5.74) is 4.83. The van der Waals surface area contributed by atoms with E-state index in [1.807, 2.05) is 34.2 Å². The van der Waals surface area contributed by atoms with Gasteiger partial charge in [0.25, 0.3) is 5.91 Å². The van der Waals surface area contributed by atoms with Crippen LogP contribution >= 0.6 is 0 Å². The third-order valence-corrected chi connectivity index (χ3v) is 7.31. The van der Waals surface area contributed by atoms with Gasteiger partial charge in [0.1, 0.15) is 0 Å². The second kappa shape index (κ2) is 9.87. The highest BCUT2D eigenvalue weighted by atomic mass is 16.2. The van der Waals surface area contributed by atoms with E-state index in [1.54, 1.807) is 10.7 Å². The van der Waals surface area contributed by atoms with Crippen LogP contribution in [0.3, 0.4) is 0 Å². The number of nitrogens with zero attached hydrogens (tertiary/aromatic N) is 4. The van der Waals surface area contributed by atoms with Crippen molar-refractivity contribution in [3.8, 4) is 0 Å². The van der Waals surface area contributed by atoms with Crippen molar-refractivity contribution in [3.05, 3.63) is 65.5 Å². The van der Waals surface area contributed by atoms with E-state index in [4.69, 9.17) is 0 Å². The van der Waals surface area contributed by atoms with Crippen molar-refractivity contribution < 1.29 is 9.59 Å². The predicted molar refractivity (Wildman–Crippen MR) is 133 cm³/mol. The topological polar surface area (TPSA) is 70.0 Å². The van der Waals surface area contributed by atoms with Crippen LogP contribution in [0.4, 0.5) is 10.5 Å². The Morgan fingerprint density at radius 2 is 1.76 bits per heavy atom. The number of hydrogen-bond acceptors (Lipinski definition) is 3. The Labute approximate surface area is 200 Å². The first-order valence-electron chi connectivity index (χ1n) is 12.5. The van der Waals surface area contributed by atoms with Gasteiger partial charge < -0.3 is 15.1 Å². The molecule has 4 heterocycles. The lowest BCUT2D eigenvalue weighted by atomic mass is 9.89. The van der Waals surface area contributed by atoms with Crippen LogP contribution in [0.5, 0.6) is 0 Å². The molecule has 2 aromatic heterocycles. The van der Waals surface area contributed by atoms with Gasteiger partial charge in [-0.25, -0.2) is 9.31 Å². The molecule has 1 aromatic carbocycles. The number of rotatable bonds is 4. The van der Waals surface area contributed by atoms with Gasteiger partial charge in [-0.15, -0.1) is 0 Å². The summed E-state index contributed by atoms with van der Waals surface area (Å²) in [5, 5.41) is 7.51. The van der Waals surface area contributed by atoms with Crippen LogP contribution < -0.4 is 5.32 Å². The molecule has 3 amide bonds. The molecule has 0 bridgehead atoms. The number of carbonyl (C=O) groups excluding carboxylic acids is 2. The third kappa shape index (κ3) is 4.52. The number of carbonyl (C=O) groups is 2. The number of aryl methyl sites for hydroxylation is 1. The highest BCUT2D eigenvalue weighted by Gasteiger charge is 2.26. The van der Waals surface area contributed by atoms with E-state index in [0.29, 0.717) is 11.5 Å². The number of aromatic nitrogens is 2. The molecule has 5 rings (SSSR count). The summed E-state index contributed by atoms with van der Waals surface area (Å²) in [6.45, 7) is 5.20. The van der Waals surface area contributed by atoms with Crippen molar-refractivity contribution in [3.63, 3.8) is 0 Å². The van der Waals surface area contributed by atoms with Crippen molar-refractivity contribution in [1.29, 1.82) is 0 Å². The average molecular weight is 460 g/mol. The first-order valence-corrected chi connectivity index (χ1v) is 12.5. The van der Waals surface area contributed by atoms with Gasteiger partial charge in [0.2, 0.25) is 0 Å². The van der Waals surface area contributed by atoms with Crippen molar-refractivity contribution >= 4 is 23.1 Å². The molecule has 0 spiro atoms. The van der Waals surface area contributed by atoms with Crippen LogP contribution in [0.1, 0.15) is 66.4 Å². The highest BCUT2D eigenvalue weighted by Crippen LogP contribution is 2.30. The van der Waals surface area contributed by atoms with E-state index in [-0.39, 0.29) is 11.9 Å². The molecule has 178 valence electrons. The smallest absolute Gasteiger partial charge is 0.321 e. The zero-order valence-corrected chi connectivity index (χ0v) is 19.9. The minimum absolute atomic E-state index is 0.0278. The molecule has 2 aliphatic rings. The number of para-hydroxylation sites is 1. The summed E-state index contributed by atoms with van der Waals surface area (Å²) < 4.78 is 1.80. The van der Waals surface area contributed by atoms with Crippen molar-refractivity contribution in [2.75, 3.05) is 31.5 Å². The Balaban J connectivity index is 1.25. The zero-order chi connectivity index (χ0) is 23.5. The monoisotopic (exact) mass is 459 g/mol. The Bertz CT molecular complexity index is 1170. The fourth-order valence-electron chi connectivity index (χ4n) is 5.24. The van der Waals surface area contributed by atoms with E-state index in [9.17, 15) is 9.59 Å². The van der Waals surface area contributed by atoms with Crippen LogP contribution in [0.2, 0.25) is 0 Å². The molecule has 1 N–H and O–H groups in total. The summed E-state index contributed by atoms with van der Waals surface area (Å²) in [7, 11) is 0. The highest BCUT2D eigenvalue weighted by molar-refractivity contribution is 6.00. The van der Waals surface area contributed by atoms with Gasteiger partial charge in [0.15, 0.2) is 0 Å². The van der Waals surface area contributed by atoms with Crippen LogP contribution in [-0.4, -0.2) is 57.5 Å². The Kier molecular flexibility index (Phi) is 6.52. The maximum atomic E-state index is 13.1. The molecule has 3 aromatic rings. The molecule has 34 heavy (non-hydrogen) atoms. The summed E-state index contributed by atoms with van der Waals surface area (Å²) in [6.07, 6.45) is 9.71. The van der Waals surface area contributed by atoms with Crippen LogP contribution in [0.25, 0.3) is 5.52 Å². The number of pyridine rings is 1. The lowest BCUT2D eigenvalue weighted by Gasteiger charge is -2.32. The SMILES string of the molecule is CCc1ccccc1NC(=O)N1CCC(c2ccn3ncc(C(=O)N4CCCCC4)c3c2)CC1. The molecule has 0 unspecified atom stereocenters. The molecule has 2 saturated heterocycles. The average Bonchev–Trinajstić information content (AvgIpc) is 3.32. The molecule has 7 heteroatoms. The van der Waals surface area contributed by atoms with E-state index < -0.39 is 0 Å². The molecule has 0 saturated carbocycles. The molecule has 2 fully saturated rings. The molecular weight excluding hydrogens is 426 g/mol. The zero-order valence-electron chi connectivity index (χ0n) is 19.9. The number of piperidine rings is 2. The summed E-state index contributed by atoms with van der Waals surface area (Å²) >= 11 is 0. The van der Waals surface area contributed by atoms with Crippen LogP contribution in [-0.2, 0) is 6.42 Å². The quantitative estimate of drug-likeness (QED) is 0.601. The van der Waals surface area contributed by atoms with Gasteiger partial charge in [-0.1, -0.05) is 25.1 Å². The number of fused-ring (bicyclic) bond motifs is 1. The number of likely N-dealkylation sites (tertiary alicyclic amines) is 2. The van der Waals surface area contributed by atoms with E-state index in [1.165, 1.54) is 12.0 Å². The van der Waals surface area contributed by atoms with Crippen LogP contribution in [0.15, 0.2) is 48.8 Å². The molecular formula is C27H33N5O2. The van der Waals surface area contributed by atoms with E-state index in [0.717, 1.165) is 75.1 Å². The minimum atomic E-state index is -0.0278. The van der Waals surface area contributed by atoms with Crippen molar-refractivity contribution in [2.24, 2.45) is 0 Å². The van der Waals surface area contributed by atoms with Crippen LogP contribution in [0, 0.1) is 0 Å². The minimum Gasteiger partial charge on any atom is -0.339 e. The van der Waals surface area contributed by atoms with Gasteiger partial charge in [0, 0.05) is 38.1 Å². The predicted octanol–water partition coefficient (Wildman–Crippen LogP) is 4.93. The number of benzene rings is 1. The van der Waals surface area contributed by atoms with Gasteiger partial charge in [0.05, 0.1) is 17.3 Å². The van der Waals surface area contributed by atoms with E-state index in [2.05, 4.69) is 35.5 Å². The number of amides is 3. The molecule has 0 atom stereocenters.